The third-order valence-electron chi connectivity index (χ3n) is 1.93. The highest BCUT2D eigenvalue weighted by Gasteiger charge is 2.16. The minimum absolute atomic E-state index is 0.298. The van der Waals surface area contributed by atoms with Crippen LogP contribution in [0.3, 0.4) is 0 Å². The highest BCUT2D eigenvalue weighted by molar-refractivity contribution is 6.42. The summed E-state index contributed by atoms with van der Waals surface area (Å²) >= 11 is 11.5. The third-order valence-corrected chi connectivity index (χ3v) is 2.66. The van der Waals surface area contributed by atoms with E-state index in [1.165, 1.54) is 12.1 Å². The molecule has 0 aromatic heterocycles. The highest BCUT2D eigenvalue weighted by Crippen LogP contribution is 2.24. The van der Waals surface area contributed by atoms with E-state index in [2.05, 4.69) is 5.32 Å². The number of carboxylic acids is 1. The Labute approximate surface area is 108 Å². The van der Waals surface area contributed by atoms with Gasteiger partial charge < -0.3 is 16.2 Å². The first kappa shape index (κ1) is 13.8. The topological polar surface area (TPSA) is 92.4 Å². The molecule has 4 N–H and O–H groups in total. The Morgan fingerprint density at radius 1 is 1.35 bits per heavy atom. The second-order valence-electron chi connectivity index (χ2n) is 3.33. The normalized spacial score (nSPS) is 11.9. The predicted octanol–water partition coefficient (Wildman–Crippen LogP) is 1.73. The van der Waals surface area contributed by atoms with Gasteiger partial charge in [-0.05, 0) is 18.2 Å². The summed E-state index contributed by atoms with van der Waals surface area (Å²) in [5.74, 6) is -1.73. The molecule has 0 aliphatic rings. The summed E-state index contributed by atoms with van der Waals surface area (Å²) in [5.41, 5.74) is 5.65. The van der Waals surface area contributed by atoms with E-state index in [0.717, 1.165) is 0 Å². The average Bonchev–Trinajstić information content (AvgIpc) is 2.23. The van der Waals surface area contributed by atoms with Crippen LogP contribution < -0.4 is 11.1 Å². The second kappa shape index (κ2) is 5.86. The van der Waals surface area contributed by atoms with Gasteiger partial charge in [0.15, 0.2) is 0 Å². The van der Waals surface area contributed by atoms with E-state index < -0.39 is 17.9 Å². The second-order valence-corrected chi connectivity index (χ2v) is 4.14. The van der Waals surface area contributed by atoms with E-state index >= 15 is 0 Å². The van der Waals surface area contributed by atoms with Gasteiger partial charge in [0, 0.05) is 5.69 Å². The van der Waals surface area contributed by atoms with Gasteiger partial charge in [-0.25, -0.2) is 0 Å². The zero-order valence-electron chi connectivity index (χ0n) is 8.61. The zero-order valence-corrected chi connectivity index (χ0v) is 10.1. The van der Waals surface area contributed by atoms with Gasteiger partial charge in [0.05, 0.1) is 16.5 Å². The molecule has 0 fully saturated rings. The number of aliphatic carboxylic acids is 1. The summed E-state index contributed by atoms with van der Waals surface area (Å²) in [5, 5.41) is 11.7. The number of nitrogens with one attached hydrogen (secondary N) is 1. The number of halogens is 2. The molecule has 1 unspecified atom stereocenters. The van der Waals surface area contributed by atoms with Gasteiger partial charge >= 0.3 is 5.97 Å². The van der Waals surface area contributed by atoms with Gasteiger partial charge in [0.2, 0.25) is 5.91 Å². The lowest BCUT2D eigenvalue weighted by Gasteiger charge is -2.08. The molecule has 5 nitrogen and oxygen atoms in total. The molecule has 17 heavy (non-hydrogen) atoms. The number of carboxylic acid groups (broad SMARTS) is 1. The number of hydrogen-bond acceptors (Lipinski definition) is 3. The number of amides is 1. The molecule has 0 saturated heterocycles. The third kappa shape index (κ3) is 4.22. The van der Waals surface area contributed by atoms with Crippen LogP contribution in [0.1, 0.15) is 6.42 Å². The van der Waals surface area contributed by atoms with Crippen molar-refractivity contribution in [1.29, 1.82) is 0 Å². The first-order valence-corrected chi connectivity index (χ1v) is 5.39. The van der Waals surface area contributed by atoms with Crippen LogP contribution >= 0.6 is 23.2 Å². The van der Waals surface area contributed by atoms with Crippen LogP contribution in [-0.4, -0.2) is 23.0 Å². The number of hydrogen-bond donors (Lipinski definition) is 3. The van der Waals surface area contributed by atoms with Crippen LogP contribution in [0.4, 0.5) is 5.69 Å². The molecular formula is C10H10Cl2N2O3. The Morgan fingerprint density at radius 3 is 2.53 bits per heavy atom. The summed E-state index contributed by atoms with van der Waals surface area (Å²) in [4.78, 5) is 21.8. The first-order chi connectivity index (χ1) is 7.90. The predicted molar refractivity (Wildman–Crippen MR) is 65.3 cm³/mol. The largest absolute Gasteiger partial charge is 0.480 e. The highest BCUT2D eigenvalue weighted by atomic mass is 35.5. The fourth-order valence-corrected chi connectivity index (χ4v) is 1.37. The van der Waals surface area contributed by atoms with Gasteiger partial charge in [-0.3, -0.25) is 9.59 Å². The maximum absolute atomic E-state index is 11.4. The molecular weight excluding hydrogens is 267 g/mol. The van der Waals surface area contributed by atoms with E-state index in [0.29, 0.717) is 15.7 Å². The van der Waals surface area contributed by atoms with Gasteiger partial charge in [0.25, 0.3) is 0 Å². The number of carbonyl (C=O) groups is 2. The molecule has 1 amide bonds. The van der Waals surface area contributed by atoms with Crippen molar-refractivity contribution in [2.75, 3.05) is 5.32 Å². The van der Waals surface area contributed by atoms with Crippen molar-refractivity contribution >= 4 is 40.8 Å². The van der Waals surface area contributed by atoms with Crippen molar-refractivity contribution in [2.45, 2.75) is 12.5 Å². The van der Waals surface area contributed by atoms with Crippen LogP contribution in [-0.2, 0) is 9.59 Å². The van der Waals surface area contributed by atoms with Crippen LogP contribution in [0.5, 0.6) is 0 Å². The maximum atomic E-state index is 11.4. The monoisotopic (exact) mass is 276 g/mol. The molecule has 92 valence electrons. The molecule has 0 aliphatic carbocycles. The number of nitrogens with two attached hydrogens (primary N) is 1. The molecule has 0 aliphatic heterocycles. The van der Waals surface area contributed by atoms with Crippen LogP contribution in [0.25, 0.3) is 0 Å². The van der Waals surface area contributed by atoms with Gasteiger partial charge in [-0.1, -0.05) is 23.2 Å². The van der Waals surface area contributed by atoms with E-state index in [9.17, 15) is 9.59 Å². The Balaban J connectivity index is 2.62. The first-order valence-electron chi connectivity index (χ1n) is 4.63. The van der Waals surface area contributed by atoms with Crippen molar-refractivity contribution in [2.24, 2.45) is 5.73 Å². The average molecular weight is 277 g/mol. The van der Waals surface area contributed by atoms with E-state index in [4.69, 9.17) is 34.0 Å². The van der Waals surface area contributed by atoms with Crippen molar-refractivity contribution in [1.82, 2.24) is 0 Å². The number of rotatable bonds is 4. The molecule has 7 heteroatoms. The molecule has 1 atom stereocenters. The van der Waals surface area contributed by atoms with Crippen molar-refractivity contribution in [3.05, 3.63) is 28.2 Å². The van der Waals surface area contributed by atoms with Crippen LogP contribution in [0, 0.1) is 0 Å². The Hall–Kier alpha value is -1.30. The molecule has 0 heterocycles. The lowest BCUT2D eigenvalue weighted by atomic mass is 10.2. The van der Waals surface area contributed by atoms with Crippen molar-refractivity contribution in [3.8, 4) is 0 Å². The van der Waals surface area contributed by atoms with Crippen molar-refractivity contribution in [3.63, 3.8) is 0 Å². The Morgan fingerprint density at radius 2 is 2.00 bits per heavy atom. The van der Waals surface area contributed by atoms with Gasteiger partial charge in [-0.15, -0.1) is 0 Å². The van der Waals surface area contributed by atoms with Gasteiger partial charge in [-0.2, -0.15) is 0 Å². The van der Waals surface area contributed by atoms with Gasteiger partial charge in [0.1, 0.15) is 6.04 Å². The van der Waals surface area contributed by atoms with Crippen molar-refractivity contribution < 1.29 is 14.7 Å². The summed E-state index contributed by atoms with van der Waals surface area (Å²) in [7, 11) is 0. The minimum Gasteiger partial charge on any atom is -0.480 e. The fraction of sp³-hybridized carbons (Fsp3) is 0.200. The van der Waals surface area contributed by atoms with Crippen LogP contribution in [0.15, 0.2) is 18.2 Å². The fourth-order valence-electron chi connectivity index (χ4n) is 1.07. The smallest absolute Gasteiger partial charge is 0.321 e. The maximum Gasteiger partial charge on any atom is 0.321 e. The summed E-state index contributed by atoms with van der Waals surface area (Å²) in [6, 6.07) is 3.32. The summed E-state index contributed by atoms with van der Waals surface area (Å²) in [6.07, 6.45) is -0.310. The molecule has 0 bridgehead atoms. The Bertz CT molecular complexity index is 451. The lowest BCUT2D eigenvalue weighted by molar-refractivity contribution is -0.140. The Kier molecular flexibility index (Phi) is 4.74. The minimum atomic E-state index is -1.23. The number of carbonyl (C=O) groups excluding carboxylic acids is 1. The summed E-state index contributed by atoms with van der Waals surface area (Å²) < 4.78 is 0. The van der Waals surface area contributed by atoms with E-state index in [-0.39, 0.29) is 6.42 Å². The SMILES string of the molecule is NC(CC(=O)Nc1ccc(Cl)c(Cl)c1)C(=O)O. The molecule has 1 rings (SSSR count). The van der Waals surface area contributed by atoms with E-state index in [1.54, 1.807) is 6.07 Å². The molecule has 0 spiro atoms. The standard InChI is InChI=1S/C10H10Cl2N2O3/c11-6-2-1-5(3-7(6)12)14-9(15)4-8(13)10(16)17/h1-3,8H,4,13H2,(H,14,15)(H,16,17). The van der Waals surface area contributed by atoms with E-state index in [1.807, 2.05) is 0 Å². The number of benzene rings is 1. The molecule has 0 radical (unpaired) electrons. The number of anilines is 1. The zero-order chi connectivity index (χ0) is 13.0. The lowest BCUT2D eigenvalue weighted by Crippen LogP contribution is -2.34. The molecule has 0 saturated carbocycles. The molecule has 1 aromatic rings. The quantitative estimate of drug-likeness (QED) is 0.781. The van der Waals surface area contributed by atoms with Crippen LogP contribution in [0.2, 0.25) is 10.0 Å². The summed E-state index contributed by atoms with van der Waals surface area (Å²) in [6.45, 7) is 0. The molecule has 1 aromatic carbocycles.